The van der Waals surface area contributed by atoms with E-state index in [0.717, 1.165) is 37.9 Å². The van der Waals surface area contributed by atoms with Gasteiger partial charge in [0.2, 0.25) is 0 Å². The molecule has 0 aromatic heterocycles. The van der Waals surface area contributed by atoms with Crippen molar-refractivity contribution in [1.82, 2.24) is 4.90 Å². The van der Waals surface area contributed by atoms with Gasteiger partial charge in [-0.05, 0) is 99.6 Å². The van der Waals surface area contributed by atoms with Crippen molar-refractivity contribution in [3.05, 3.63) is 86.8 Å². The van der Waals surface area contributed by atoms with Gasteiger partial charge in [0.1, 0.15) is 0 Å². The van der Waals surface area contributed by atoms with Crippen LogP contribution in [0, 0.1) is 25.2 Å². The maximum absolute atomic E-state index is 9.42. The zero-order valence-electron chi connectivity index (χ0n) is 23.5. The van der Waals surface area contributed by atoms with Crippen molar-refractivity contribution < 1.29 is 0 Å². The van der Waals surface area contributed by atoms with Crippen molar-refractivity contribution >= 4 is 23.0 Å². The Morgan fingerprint density at radius 2 is 1.72 bits per heavy atom. The number of hydrogen-bond donors (Lipinski definition) is 0. The third-order valence-electron chi connectivity index (χ3n) is 6.50. The molecule has 0 unspecified atom stereocenters. The lowest BCUT2D eigenvalue weighted by Crippen LogP contribution is -2.15. The molecule has 0 bridgehead atoms. The molecule has 0 spiro atoms. The summed E-state index contributed by atoms with van der Waals surface area (Å²) in [5, 5.41) is 11.7. The molecule has 2 rings (SSSR count). The van der Waals surface area contributed by atoms with E-state index in [1.165, 1.54) is 38.3 Å². The quantitative estimate of drug-likeness (QED) is 0.217. The standard InChI is InChI=1S/C32H43N3S/c1-9-11-31(27-12-14-30(15-13-27)32(6,7)22-33)36-21-24(3)18-29-20-25(4)28(19-26(29)5)16-17-34-23-35(8)10-2/h11-15,19-21,23H,9-10,16-18H2,1-8H3/b24-21+,31-11-,34-23?. The van der Waals surface area contributed by atoms with Gasteiger partial charge < -0.3 is 4.90 Å². The van der Waals surface area contributed by atoms with Crippen LogP contribution in [0.25, 0.3) is 4.91 Å². The van der Waals surface area contributed by atoms with Gasteiger partial charge in [0.15, 0.2) is 0 Å². The first kappa shape index (κ1) is 29.5. The van der Waals surface area contributed by atoms with Gasteiger partial charge in [0.25, 0.3) is 0 Å². The number of nitrogens with zero attached hydrogens (tertiary/aromatic N) is 3. The van der Waals surface area contributed by atoms with Gasteiger partial charge in [-0.25, -0.2) is 0 Å². The molecule has 2 aromatic rings. The maximum Gasteiger partial charge on any atom is 0.0847 e. The van der Waals surface area contributed by atoms with Gasteiger partial charge in [-0.3, -0.25) is 4.99 Å². The summed E-state index contributed by atoms with van der Waals surface area (Å²) in [6.07, 6.45) is 7.13. The van der Waals surface area contributed by atoms with E-state index in [4.69, 9.17) is 0 Å². The predicted molar refractivity (Wildman–Crippen MR) is 160 cm³/mol. The van der Waals surface area contributed by atoms with E-state index in [1.807, 2.05) is 20.2 Å². The lowest BCUT2D eigenvalue weighted by molar-refractivity contribution is 0.549. The fourth-order valence-electron chi connectivity index (χ4n) is 3.90. The molecule has 0 aliphatic carbocycles. The Morgan fingerprint density at radius 3 is 2.33 bits per heavy atom. The van der Waals surface area contributed by atoms with Crippen LogP contribution < -0.4 is 0 Å². The lowest BCUT2D eigenvalue weighted by atomic mass is 9.86. The molecule has 0 radical (unpaired) electrons. The van der Waals surface area contributed by atoms with Crippen LogP contribution in [0.15, 0.2) is 58.4 Å². The third kappa shape index (κ3) is 8.71. The summed E-state index contributed by atoms with van der Waals surface area (Å²) < 4.78 is 0. The minimum absolute atomic E-state index is 0.471. The topological polar surface area (TPSA) is 39.4 Å². The SMILES string of the molecule is CC/C=C(\S/C=C(\C)Cc1cc(C)c(CCN=CN(C)CC)cc1C)c1ccc(C(C)(C)C#N)cc1. The van der Waals surface area contributed by atoms with Crippen molar-refractivity contribution in [2.24, 2.45) is 4.99 Å². The number of aryl methyl sites for hydroxylation is 2. The Hall–Kier alpha value is -2.77. The molecule has 0 aliphatic rings. The fourth-order valence-corrected chi connectivity index (χ4v) is 4.85. The first-order chi connectivity index (χ1) is 17.1. The van der Waals surface area contributed by atoms with E-state index in [-0.39, 0.29) is 0 Å². The molecule has 0 fully saturated rings. The maximum atomic E-state index is 9.42. The second kappa shape index (κ2) is 14.1. The highest BCUT2D eigenvalue weighted by atomic mass is 32.2. The van der Waals surface area contributed by atoms with Gasteiger partial charge in [-0.1, -0.05) is 66.7 Å². The molecule has 0 aliphatic heterocycles. The zero-order chi connectivity index (χ0) is 26.7. The predicted octanol–water partition coefficient (Wildman–Crippen LogP) is 8.26. The van der Waals surface area contributed by atoms with E-state index in [1.54, 1.807) is 11.8 Å². The van der Waals surface area contributed by atoms with Gasteiger partial charge >= 0.3 is 0 Å². The number of allylic oxidation sites excluding steroid dienone is 2. The fraction of sp³-hybridized carbons (Fsp3) is 0.438. The van der Waals surface area contributed by atoms with Crippen molar-refractivity contribution in [3.8, 4) is 6.07 Å². The number of nitriles is 1. The monoisotopic (exact) mass is 501 g/mol. The molecule has 3 nitrogen and oxygen atoms in total. The molecule has 0 amide bonds. The molecule has 4 heteroatoms. The second-order valence-corrected chi connectivity index (χ2v) is 11.0. The highest BCUT2D eigenvalue weighted by molar-refractivity contribution is 8.10. The van der Waals surface area contributed by atoms with Crippen LogP contribution in [0.2, 0.25) is 0 Å². The van der Waals surface area contributed by atoms with Crippen LogP contribution in [0.1, 0.15) is 74.4 Å². The molecule has 192 valence electrons. The Kier molecular flexibility index (Phi) is 11.5. The highest BCUT2D eigenvalue weighted by Gasteiger charge is 2.19. The number of rotatable bonds is 12. The molecular formula is C32H43N3S. The van der Waals surface area contributed by atoms with Crippen LogP contribution in [0.3, 0.4) is 0 Å². The van der Waals surface area contributed by atoms with E-state index < -0.39 is 5.41 Å². The van der Waals surface area contributed by atoms with E-state index >= 15 is 0 Å². The van der Waals surface area contributed by atoms with Crippen molar-refractivity contribution in [2.45, 2.75) is 73.1 Å². The first-order valence-electron chi connectivity index (χ1n) is 12.9. The number of benzene rings is 2. The second-order valence-electron chi connectivity index (χ2n) is 10.1. The van der Waals surface area contributed by atoms with Crippen molar-refractivity contribution in [2.75, 3.05) is 20.1 Å². The van der Waals surface area contributed by atoms with Crippen molar-refractivity contribution in [1.29, 1.82) is 5.26 Å². The van der Waals surface area contributed by atoms with E-state index in [0.29, 0.717) is 0 Å². The minimum Gasteiger partial charge on any atom is -0.366 e. The van der Waals surface area contributed by atoms with Crippen LogP contribution in [-0.4, -0.2) is 31.4 Å². The molecule has 36 heavy (non-hydrogen) atoms. The summed E-state index contributed by atoms with van der Waals surface area (Å²) in [7, 11) is 2.05. The summed E-state index contributed by atoms with van der Waals surface area (Å²) in [5.41, 5.74) is 8.62. The number of hydrogen-bond acceptors (Lipinski definition) is 3. The van der Waals surface area contributed by atoms with Gasteiger partial charge in [-0.15, -0.1) is 0 Å². The van der Waals surface area contributed by atoms with Gasteiger partial charge in [0, 0.05) is 25.0 Å². The summed E-state index contributed by atoms with van der Waals surface area (Å²) in [6, 6.07) is 15.5. The average Bonchev–Trinajstić information content (AvgIpc) is 2.86. The Labute approximate surface area is 224 Å². The lowest BCUT2D eigenvalue weighted by Gasteiger charge is -2.16. The van der Waals surface area contributed by atoms with Gasteiger partial charge in [-0.2, -0.15) is 5.26 Å². The summed E-state index contributed by atoms with van der Waals surface area (Å²) in [6.45, 7) is 16.7. The average molecular weight is 502 g/mol. The largest absolute Gasteiger partial charge is 0.366 e. The first-order valence-corrected chi connectivity index (χ1v) is 13.8. The molecule has 0 N–H and O–H groups in total. The normalized spacial score (nSPS) is 12.8. The third-order valence-corrected chi connectivity index (χ3v) is 7.68. The van der Waals surface area contributed by atoms with Gasteiger partial charge in [0.05, 0.1) is 17.8 Å². The van der Waals surface area contributed by atoms with Crippen LogP contribution in [0.5, 0.6) is 0 Å². The summed E-state index contributed by atoms with van der Waals surface area (Å²) in [4.78, 5) is 7.91. The minimum atomic E-state index is -0.471. The summed E-state index contributed by atoms with van der Waals surface area (Å²) in [5.74, 6) is 0. The molecule has 0 saturated heterocycles. The molecular weight excluding hydrogens is 458 g/mol. The molecule has 0 heterocycles. The Balaban J connectivity index is 2.09. The zero-order valence-corrected chi connectivity index (χ0v) is 24.3. The Morgan fingerprint density at radius 1 is 1.08 bits per heavy atom. The Bertz CT molecular complexity index is 1130. The smallest absolute Gasteiger partial charge is 0.0847 e. The van der Waals surface area contributed by atoms with Crippen molar-refractivity contribution in [3.63, 3.8) is 0 Å². The highest BCUT2D eigenvalue weighted by Crippen LogP contribution is 2.32. The van der Waals surface area contributed by atoms with Crippen LogP contribution in [-0.2, 0) is 18.3 Å². The summed E-state index contributed by atoms with van der Waals surface area (Å²) >= 11 is 1.79. The number of aliphatic imine (C=N–C) groups is 1. The number of thioether (sulfide) groups is 1. The van der Waals surface area contributed by atoms with E-state index in [2.05, 4.69) is 106 Å². The van der Waals surface area contributed by atoms with Crippen LogP contribution >= 0.6 is 11.8 Å². The molecule has 2 aromatic carbocycles. The van der Waals surface area contributed by atoms with Crippen LogP contribution in [0.4, 0.5) is 0 Å². The van der Waals surface area contributed by atoms with E-state index in [9.17, 15) is 5.26 Å². The molecule has 0 atom stereocenters. The molecule has 0 saturated carbocycles.